The van der Waals surface area contributed by atoms with Crippen molar-refractivity contribution in [2.24, 2.45) is 0 Å². The summed E-state index contributed by atoms with van der Waals surface area (Å²) >= 11 is 0. The van der Waals surface area contributed by atoms with E-state index < -0.39 is 0 Å². The van der Waals surface area contributed by atoms with E-state index in [2.05, 4.69) is 18.4 Å². The van der Waals surface area contributed by atoms with E-state index in [1.165, 1.54) is 18.4 Å². The first-order valence-corrected chi connectivity index (χ1v) is 5.08. The number of hydrogen-bond donors (Lipinski definition) is 0. The summed E-state index contributed by atoms with van der Waals surface area (Å²) in [4.78, 5) is 13.8. The van der Waals surface area contributed by atoms with Crippen molar-refractivity contribution >= 4 is 5.78 Å². The lowest BCUT2D eigenvalue weighted by Gasteiger charge is -2.33. The Balaban J connectivity index is 2.06. The van der Waals surface area contributed by atoms with Gasteiger partial charge >= 0.3 is 0 Å². The molecule has 2 fully saturated rings. The number of carbonyl (C=O) groups excluding carboxylic acids is 1. The summed E-state index contributed by atoms with van der Waals surface area (Å²) in [5.74, 6) is 0.463. The fourth-order valence-corrected chi connectivity index (χ4v) is 2.63. The predicted octanol–water partition coefficient (Wildman–Crippen LogP) is 1.76. The minimum Gasteiger partial charge on any atom is -0.300 e. The number of nitrogens with zero attached hydrogens (tertiary/aromatic N) is 1. The van der Waals surface area contributed by atoms with Crippen LogP contribution in [0.2, 0.25) is 0 Å². The second-order valence-corrected chi connectivity index (χ2v) is 4.46. The maximum atomic E-state index is 11.3. The number of carbonyl (C=O) groups is 1. The average molecular weight is 179 g/mol. The van der Waals surface area contributed by atoms with Crippen LogP contribution in [0, 0.1) is 0 Å². The van der Waals surface area contributed by atoms with Gasteiger partial charge in [0.2, 0.25) is 0 Å². The van der Waals surface area contributed by atoms with E-state index in [1.807, 2.05) is 0 Å². The van der Waals surface area contributed by atoms with Gasteiger partial charge in [-0.1, -0.05) is 12.2 Å². The molecular weight excluding hydrogens is 162 g/mol. The van der Waals surface area contributed by atoms with E-state index >= 15 is 0 Å². The first kappa shape index (κ1) is 8.95. The summed E-state index contributed by atoms with van der Waals surface area (Å²) < 4.78 is 0. The number of Topliss-reactive ketones (excluding diaryl/α,β-unsaturated/α-hetero) is 1. The van der Waals surface area contributed by atoms with E-state index in [0.29, 0.717) is 17.9 Å². The van der Waals surface area contributed by atoms with Crippen molar-refractivity contribution in [3.05, 3.63) is 12.2 Å². The molecule has 0 aliphatic carbocycles. The molecule has 0 saturated carbocycles. The van der Waals surface area contributed by atoms with Crippen molar-refractivity contribution in [1.82, 2.24) is 4.90 Å². The number of piperidine rings is 1. The van der Waals surface area contributed by atoms with Crippen molar-refractivity contribution in [3.63, 3.8) is 0 Å². The third-order valence-electron chi connectivity index (χ3n) is 3.15. The Labute approximate surface area is 79.6 Å². The highest BCUT2D eigenvalue weighted by molar-refractivity contribution is 5.80. The molecule has 13 heavy (non-hydrogen) atoms. The smallest absolute Gasteiger partial charge is 0.136 e. The van der Waals surface area contributed by atoms with Gasteiger partial charge < -0.3 is 0 Å². The minimum atomic E-state index is 0.463. The molecule has 0 spiro atoms. The Kier molecular flexibility index (Phi) is 2.24. The molecule has 0 aromatic heterocycles. The van der Waals surface area contributed by atoms with Crippen molar-refractivity contribution in [3.8, 4) is 0 Å². The van der Waals surface area contributed by atoms with E-state index in [9.17, 15) is 4.79 Å². The third kappa shape index (κ3) is 1.68. The van der Waals surface area contributed by atoms with Gasteiger partial charge in [-0.25, -0.2) is 0 Å². The molecule has 72 valence electrons. The maximum absolute atomic E-state index is 11.3. The highest BCUT2D eigenvalue weighted by Gasteiger charge is 2.39. The van der Waals surface area contributed by atoms with Crippen LogP contribution in [-0.4, -0.2) is 29.3 Å². The molecule has 2 aliphatic heterocycles. The normalized spacial score (nSPS) is 33.8. The molecule has 0 radical (unpaired) electrons. The molecule has 0 aromatic carbocycles. The molecule has 2 heterocycles. The zero-order valence-electron chi connectivity index (χ0n) is 8.25. The van der Waals surface area contributed by atoms with Gasteiger partial charge in [-0.15, -0.1) is 0 Å². The monoisotopic (exact) mass is 179 g/mol. The zero-order valence-corrected chi connectivity index (χ0v) is 8.25. The van der Waals surface area contributed by atoms with Gasteiger partial charge in [0.15, 0.2) is 0 Å². The van der Waals surface area contributed by atoms with Crippen LogP contribution in [0.15, 0.2) is 12.2 Å². The lowest BCUT2D eigenvalue weighted by atomic mass is 10.0. The van der Waals surface area contributed by atoms with Crippen molar-refractivity contribution in [2.75, 3.05) is 6.54 Å². The number of fused-ring (bicyclic) bond motifs is 2. The second-order valence-electron chi connectivity index (χ2n) is 4.46. The SMILES string of the molecule is C=C(C)CN1C2CCC1CC(=O)C2. The Hall–Kier alpha value is -0.630. The number of rotatable bonds is 2. The highest BCUT2D eigenvalue weighted by atomic mass is 16.1. The fraction of sp³-hybridized carbons (Fsp3) is 0.727. The number of ketones is 1. The molecule has 2 bridgehead atoms. The van der Waals surface area contributed by atoms with Crippen LogP contribution < -0.4 is 0 Å². The molecule has 2 saturated heterocycles. The third-order valence-corrected chi connectivity index (χ3v) is 3.15. The Morgan fingerprint density at radius 1 is 1.46 bits per heavy atom. The minimum absolute atomic E-state index is 0.463. The van der Waals surface area contributed by atoms with Crippen molar-refractivity contribution in [1.29, 1.82) is 0 Å². The Morgan fingerprint density at radius 3 is 2.46 bits per heavy atom. The van der Waals surface area contributed by atoms with Crippen molar-refractivity contribution < 1.29 is 4.79 Å². The van der Waals surface area contributed by atoms with Crippen LogP contribution in [0.5, 0.6) is 0 Å². The molecule has 0 aromatic rings. The molecule has 2 heteroatoms. The standard InChI is InChI=1S/C11H17NO/c1-8(2)7-12-9-3-4-10(12)6-11(13)5-9/h9-10H,1,3-7H2,2H3. The summed E-state index contributed by atoms with van der Waals surface area (Å²) in [6.45, 7) is 6.99. The maximum Gasteiger partial charge on any atom is 0.136 e. The van der Waals surface area contributed by atoms with Gasteiger partial charge in [0.1, 0.15) is 5.78 Å². The van der Waals surface area contributed by atoms with Gasteiger partial charge in [0, 0.05) is 31.5 Å². The topological polar surface area (TPSA) is 20.3 Å². The van der Waals surface area contributed by atoms with Crippen molar-refractivity contribution in [2.45, 2.75) is 44.7 Å². The molecule has 2 unspecified atom stereocenters. The molecule has 0 amide bonds. The average Bonchev–Trinajstić information content (AvgIpc) is 2.32. The van der Waals surface area contributed by atoms with Gasteiger partial charge in [-0.05, 0) is 19.8 Å². The molecule has 0 N–H and O–H groups in total. The van der Waals surface area contributed by atoms with Gasteiger partial charge in [-0.3, -0.25) is 9.69 Å². The summed E-state index contributed by atoms with van der Waals surface area (Å²) in [5, 5.41) is 0. The van der Waals surface area contributed by atoms with E-state index in [0.717, 1.165) is 19.4 Å². The predicted molar refractivity (Wildman–Crippen MR) is 52.6 cm³/mol. The second kappa shape index (κ2) is 3.26. The van der Waals surface area contributed by atoms with Crippen LogP contribution in [0.4, 0.5) is 0 Å². The first-order valence-electron chi connectivity index (χ1n) is 5.08. The quantitative estimate of drug-likeness (QED) is 0.602. The summed E-state index contributed by atoms with van der Waals surface area (Å²) in [6.07, 6.45) is 3.99. The first-order chi connectivity index (χ1) is 6.16. The molecule has 2 atom stereocenters. The molecule has 2 nitrogen and oxygen atoms in total. The lowest BCUT2D eigenvalue weighted by molar-refractivity contribution is -0.123. The fourth-order valence-electron chi connectivity index (χ4n) is 2.63. The van der Waals surface area contributed by atoms with Crippen LogP contribution >= 0.6 is 0 Å². The zero-order chi connectivity index (χ0) is 9.42. The van der Waals surface area contributed by atoms with Crippen LogP contribution in [0.1, 0.15) is 32.6 Å². The van der Waals surface area contributed by atoms with Crippen LogP contribution in [-0.2, 0) is 4.79 Å². The van der Waals surface area contributed by atoms with E-state index in [-0.39, 0.29) is 0 Å². The summed E-state index contributed by atoms with van der Waals surface area (Å²) in [6, 6.07) is 1.06. The van der Waals surface area contributed by atoms with Crippen LogP contribution in [0.25, 0.3) is 0 Å². The Morgan fingerprint density at radius 2 is 2.00 bits per heavy atom. The molecule has 2 aliphatic rings. The highest BCUT2D eigenvalue weighted by Crippen LogP contribution is 2.33. The summed E-state index contributed by atoms with van der Waals surface area (Å²) in [7, 11) is 0. The molecular formula is C11H17NO. The van der Waals surface area contributed by atoms with Gasteiger partial charge in [-0.2, -0.15) is 0 Å². The largest absolute Gasteiger partial charge is 0.300 e. The Bertz CT molecular complexity index is 230. The summed E-state index contributed by atoms with van der Waals surface area (Å²) in [5.41, 5.74) is 1.21. The van der Waals surface area contributed by atoms with E-state index in [1.54, 1.807) is 0 Å². The van der Waals surface area contributed by atoms with Crippen LogP contribution in [0.3, 0.4) is 0 Å². The lowest BCUT2D eigenvalue weighted by Crippen LogP contribution is -2.43. The number of hydrogen-bond acceptors (Lipinski definition) is 2. The van der Waals surface area contributed by atoms with Gasteiger partial charge in [0.25, 0.3) is 0 Å². The van der Waals surface area contributed by atoms with Gasteiger partial charge in [0.05, 0.1) is 0 Å². The molecule has 2 rings (SSSR count). The van der Waals surface area contributed by atoms with E-state index in [4.69, 9.17) is 0 Å².